The Hall–Kier alpha value is -1.81. The van der Waals surface area contributed by atoms with Gasteiger partial charge in [0, 0.05) is 24.2 Å². The standard InChI is InChI=1S/C14H16N2O2/c1-2-4-14(17-10-13-7-8-16-18-13)11(3-1)9-15-12-5-6-12/h1-4,7-8,12,15H,5-6,9-10H2. The van der Waals surface area contributed by atoms with E-state index < -0.39 is 0 Å². The maximum atomic E-state index is 5.76. The molecule has 1 heterocycles. The number of hydrogen-bond donors (Lipinski definition) is 1. The van der Waals surface area contributed by atoms with Gasteiger partial charge in [-0.15, -0.1) is 0 Å². The summed E-state index contributed by atoms with van der Waals surface area (Å²) in [4.78, 5) is 0. The molecule has 4 nitrogen and oxygen atoms in total. The van der Waals surface area contributed by atoms with Crippen LogP contribution in [-0.2, 0) is 13.2 Å². The second-order valence-electron chi connectivity index (χ2n) is 4.53. The highest BCUT2D eigenvalue weighted by Crippen LogP contribution is 2.23. The van der Waals surface area contributed by atoms with Crippen LogP contribution >= 0.6 is 0 Å². The quantitative estimate of drug-likeness (QED) is 0.848. The van der Waals surface area contributed by atoms with Crippen molar-refractivity contribution in [3.8, 4) is 5.75 Å². The lowest BCUT2D eigenvalue weighted by Crippen LogP contribution is -2.16. The van der Waals surface area contributed by atoms with Crippen LogP contribution in [0.2, 0.25) is 0 Å². The van der Waals surface area contributed by atoms with E-state index in [2.05, 4.69) is 16.5 Å². The highest BCUT2D eigenvalue weighted by atomic mass is 16.5. The third-order valence-electron chi connectivity index (χ3n) is 2.99. The molecule has 1 N–H and O–H groups in total. The van der Waals surface area contributed by atoms with Crippen molar-refractivity contribution in [1.29, 1.82) is 0 Å². The molecule has 1 aliphatic rings. The van der Waals surface area contributed by atoms with Gasteiger partial charge in [-0.1, -0.05) is 23.4 Å². The molecule has 0 saturated heterocycles. The van der Waals surface area contributed by atoms with Gasteiger partial charge in [0.2, 0.25) is 0 Å². The van der Waals surface area contributed by atoms with E-state index in [1.165, 1.54) is 18.4 Å². The maximum Gasteiger partial charge on any atom is 0.174 e. The van der Waals surface area contributed by atoms with Gasteiger partial charge in [-0.25, -0.2) is 0 Å². The molecule has 2 aromatic rings. The second-order valence-corrected chi connectivity index (χ2v) is 4.53. The summed E-state index contributed by atoms with van der Waals surface area (Å²) >= 11 is 0. The normalized spacial score (nSPS) is 14.7. The molecule has 1 aromatic carbocycles. The van der Waals surface area contributed by atoms with Crippen LogP contribution in [-0.4, -0.2) is 11.2 Å². The van der Waals surface area contributed by atoms with Crippen molar-refractivity contribution in [1.82, 2.24) is 10.5 Å². The fraction of sp³-hybridized carbons (Fsp3) is 0.357. The van der Waals surface area contributed by atoms with Crippen molar-refractivity contribution in [3.05, 3.63) is 47.9 Å². The summed E-state index contributed by atoms with van der Waals surface area (Å²) in [6.45, 7) is 1.28. The molecular weight excluding hydrogens is 228 g/mol. The van der Waals surface area contributed by atoms with Gasteiger partial charge < -0.3 is 14.6 Å². The fourth-order valence-electron chi connectivity index (χ4n) is 1.80. The summed E-state index contributed by atoms with van der Waals surface area (Å²) in [7, 11) is 0. The number of benzene rings is 1. The smallest absolute Gasteiger partial charge is 0.174 e. The van der Waals surface area contributed by atoms with Gasteiger partial charge >= 0.3 is 0 Å². The third-order valence-corrected chi connectivity index (χ3v) is 2.99. The van der Waals surface area contributed by atoms with Crippen LogP contribution in [0.5, 0.6) is 5.75 Å². The predicted octanol–water partition coefficient (Wildman–Crippen LogP) is 2.51. The van der Waals surface area contributed by atoms with Crippen molar-refractivity contribution in [2.24, 2.45) is 0 Å². The predicted molar refractivity (Wildman–Crippen MR) is 67.1 cm³/mol. The van der Waals surface area contributed by atoms with Crippen LogP contribution in [0.1, 0.15) is 24.2 Å². The van der Waals surface area contributed by atoms with Crippen molar-refractivity contribution in [2.75, 3.05) is 0 Å². The van der Waals surface area contributed by atoms with Crippen LogP contribution in [0.3, 0.4) is 0 Å². The van der Waals surface area contributed by atoms with Gasteiger partial charge in [-0.2, -0.15) is 0 Å². The van der Waals surface area contributed by atoms with E-state index in [1.54, 1.807) is 6.20 Å². The minimum atomic E-state index is 0.417. The van der Waals surface area contributed by atoms with E-state index in [9.17, 15) is 0 Å². The molecule has 0 bridgehead atoms. The van der Waals surface area contributed by atoms with Crippen LogP contribution in [0.4, 0.5) is 0 Å². The Morgan fingerprint density at radius 1 is 1.28 bits per heavy atom. The van der Waals surface area contributed by atoms with Crippen LogP contribution in [0.15, 0.2) is 41.1 Å². The summed E-state index contributed by atoms with van der Waals surface area (Å²) < 4.78 is 10.8. The monoisotopic (exact) mass is 244 g/mol. The van der Waals surface area contributed by atoms with Gasteiger partial charge in [0.05, 0.1) is 6.20 Å². The first-order valence-corrected chi connectivity index (χ1v) is 6.25. The molecule has 0 atom stereocenters. The number of hydrogen-bond acceptors (Lipinski definition) is 4. The van der Waals surface area contributed by atoms with Crippen LogP contribution < -0.4 is 10.1 Å². The number of aromatic nitrogens is 1. The Morgan fingerprint density at radius 2 is 2.17 bits per heavy atom. The number of nitrogens with one attached hydrogen (secondary N) is 1. The Labute approximate surface area is 106 Å². The molecule has 0 spiro atoms. The molecule has 1 fully saturated rings. The average molecular weight is 244 g/mol. The maximum absolute atomic E-state index is 5.76. The lowest BCUT2D eigenvalue weighted by molar-refractivity contribution is 0.247. The SMILES string of the molecule is c1ccc(OCc2ccno2)c(CNC2CC2)c1. The molecular formula is C14H16N2O2. The molecule has 18 heavy (non-hydrogen) atoms. The zero-order chi connectivity index (χ0) is 12.2. The molecule has 0 unspecified atom stereocenters. The first-order valence-electron chi connectivity index (χ1n) is 6.25. The number of nitrogens with zero attached hydrogens (tertiary/aromatic N) is 1. The van der Waals surface area contributed by atoms with Crippen LogP contribution in [0.25, 0.3) is 0 Å². The molecule has 1 aliphatic carbocycles. The summed E-state index contributed by atoms with van der Waals surface area (Å²) in [5, 5.41) is 7.15. The molecule has 1 aromatic heterocycles. The van der Waals surface area contributed by atoms with Crippen LogP contribution in [0, 0.1) is 0 Å². The van der Waals surface area contributed by atoms with E-state index in [4.69, 9.17) is 9.26 Å². The molecule has 0 aliphatic heterocycles. The summed E-state index contributed by atoms with van der Waals surface area (Å²) in [6, 6.07) is 10.6. The van der Waals surface area contributed by atoms with E-state index in [-0.39, 0.29) is 0 Å². The number of para-hydroxylation sites is 1. The molecule has 4 heteroatoms. The van der Waals surface area contributed by atoms with Crippen molar-refractivity contribution in [3.63, 3.8) is 0 Å². The minimum absolute atomic E-state index is 0.417. The molecule has 0 amide bonds. The van der Waals surface area contributed by atoms with Crippen molar-refractivity contribution >= 4 is 0 Å². The van der Waals surface area contributed by atoms with E-state index in [0.717, 1.165) is 18.1 Å². The number of ether oxygens (including phenoxy) is 1. The second kappa shape index (κ2) is 5.23. The van der Waals surface area contributed by atoms with Gasteiger partial charge in [-0.3, -0.25) is 0 Å². The highest BCUT2D eigenvalue weighted by molar-refractivity contribution is 5.33. The first kappa shape index (κ1) is 11.3. The van der Waals surface area contributed by atoms with Crippen molar-refractivity contribution < 1.29 is 9.26 Å². The minimum Gasteiger partial charge on any atom is -0.485 e. The van der Waals surface area contributed by atoms with E-state index in [0.29, 0.717) is 12.6 Å². The fourth-order valence-corrected chi connectivity index (χ4v) is 1.80. The molecule has 0 radical (unpaired) electrons. The Morgan fingerprint density at radius 3 is 2.94 bits per heavy atom. The summed E-state index contributed by atoms with van der Waals surface area (Å²) in [5.41, 5.74) is 1.18. The van der Waals surface area contributed by atoms with Gasteiger partial charge in [-0.05, 0) is 18.9 Å². The van der Waals surface area contributed by atoms with E-state index in [1.807, 2.05) is 24.3 Å². The van der Waals surface area contributed by atoms with Gasteiger partial charge in [0.15, 0.2) is 5.76 Å². The first-order chi connectivity index (χ1) is 8.92. The van der Waals surface area contributed by atoms with Gasteiger partial charge in [0.25, 0.3) is 0 Å². The zero-order valence-electron chi connectivity index (χ0n) is 10.1. The lowest BCUT2D eigenvalue weighted by Gasteiger charge is -2.10. The Kier molecular flexibility index (Phi) is 3.28. The third kappa shape index (κ3) is 2.90. The zero-order valence-corrected chi connectivity index (χ0v) is 10.1. The Balaban J connectivity index is 1.62. The largest absolute Gasteiger partial charge is 0.485 e. The number of rotatable bonds is 6. The average Bonchev–Trinajstić information content (AvgIpc) is 3.09. The summed E-state index contributed by atoms with van der Waals surface area (Å²) in [6.07, 6.45) is 4.21. The highest BCUT2D eigenvalue weighted by Gasteiger charge is 2.20. The summed E-state index contributed by atoms with van der Waals surface area (Å²) in [5.74, 6) is 1.64. The lowest BCUT2D eigenvalue weighted by atomic mass is 10.2. The Bertz CT molecular complexity index is 492. The molecule has 94 valence electrons. The van der Waals surface area contributed by atoms with Gasteiger partial charge in [0.1, 0.15) is 12.4 Å². The molecule has 3 rings (SSSR count). The molecule has 1 saturated carbocycles. The van der Waals surface area contributed by atoms with Crippen molar-refractivity contribution in [2.45, 2.75) is 32.0 Å². The topological polar surface area (TPSA) is 47.3 Å². The van der Waals surface area contributed by atoms with E-state index >= 15 is 0 Å².